The van der Waals surface area contributed by atoms with Crippen molar-refractivity contribution in [3.05, 3.63) is 88.1 Å². The zero-order valence-electron chi connectivity index (χ0n) is 18.2. The van der Waals surface area contributed by atoms with E-state index in [1.807, 2.05) is 13.8 Å². The molecule has 31 heavy (non-hydrogen) atoms. The standard InChI is InChI=1S/C25H27FN4O/c1-17-8-10-20(11-9-17)16-22-18(2)27-19(3)28-24(22)29-12-14-30(15-13-29)25(31)21-6-4-5-7-23(21)26/h4-11H,12-16H2,1-3H3. The number of benzene rings is 2. The molecule has 160 valence electrons. The van der Waals surface area contributed by atoms with Crippen molar-refractivity contribution in [2.75, 3.05) is 31.1 Å². The van der Waals surface area contributed by atoms with Crippen LogP contribution >= 0.6 is 0 Å². The number of aromatic nitrogens is 2. The fourth-order valence-corrected chi connectivity index (χ4v) is 4.02. The number of anilines is 1. The highest BCUT2D eigenvalue weighted by Gasteiger charge is 2.26. The van der Waals surface area contributed by atoms with Gasteiger partial charge in [-0.2, -0.15) is 0 Å². The van der Waals surface area contributed by atoms with Crippen molar-refractivity contribution in [1.29, 1.82) is 0 Å². The zero-order valence-corrected chi connectivity index (χ0v) is 18.2. The van der Waals surface area contributed by atoms with Crippen molar-refractivity contribution in [2.24, 2.45) is 0 Å². The molecular weight excluding hydrogens is 391 g/mol. The molecule has 1 fully saturated rings. The third-order valence-corrected chi connectivity index (χ3v) is 5.78. The number of nitrogens with zero attached hydrogens (tertiary/aromatic N) is 4. The first-order valence-corrected chi connectivity index (χ1v) is 10.6. The lowest BCUT2D eigenvalue weighted by Crippen LogP contribution is -2.49. The minimum Gasteiger partial charge on any atom is -0.353 e. The highest BCUT2D eigenvalue weighted by atomic mass is 19.1. The van der Waals surface area contributed by atoms with Gasteiger partial charge >= 0.3 is 0 Å². The third-order valence-electron chi connectivity index (χ3n) is 5.78. The molecule has 1 aliphatic rings. The highest BCUT2D eigenvalue weighted by molar-refractivity contribution is 5.94. The number of piperazine rings is 1. The van der Waals surface area contributed by atoms with Gasteiger partial charge < -0.3 is 9.80 Å². The molecule has 2 heterocycles. The first-order valence-electron chi connectivity index (χ1n) is 10.6. The Morgan fingerprint density at radius 2 is 1.61 bits per heavy atom. The summed E-state index contributed by atoms with van der Waals surface area (Å²) in [6, 6.07) is 14.7. The van der Waals surface area contributed by atoms with Crippen molar-refractivity contribution < 1.29 is 9.18 Å². The Balaban J connectivity index is 1.53. The predicted molar refractivity (Wildman–Crippen MR) is 120 cm³/mol. The van der Waals surface area contributed by atoms with E-state index in [1.54, 1.807) is 23.1 Å². The summed E-state index contributed by atoms with van der Waals surface area (Å²) in [5.74, 6) is 0.943. The molecule has 0 saturated carbocycles. The van der Waals surface area contributed by atoms with Crippen LogP contribution in [0.2, 0.25) is 0 Å². The van der Waals surface area contributed by atoms with E-state index in [9.17, 15) is 9.18 Å². The molecule has 1 amide bonds. The summed E-state index contributed by atoms with van der Waals surface area (Å²) in [4.78, 5) is 26.0. The van der Waals surface area contributed by atoms with Crippen LogP contribution in [0.5, 0.6) is 0 Å². The summed E-state index contributed by atoms with van der Waals surface area (Å²) in [6.45, 7) is 8.37. The Morgan fingerprint density at radius 3 is 2.29 bits per heavy atom. The fraction of sp³-hybridized carbons (Fsp3) is 0.320. The molecule has 0 bridgehead atoms. The molecule has 0 spiro atoms. The van der Waals surface area contributed by atoms with Crippen molar-refractivity contribution in [1.82, 2.24) is 14.9 Å². The van der Waals surface area contributed by atoms with Gasteiger partial charge in [0.05, 0.1) is 5.56 Å². The monoisotopic (exact) mass is 418 g/mol. The summed E-state index contributed by atoms with van der Waals surface area (Å²) >= 11 is 0. The van der Waals surface area contributed by atoms with Crippen LogP contribution in [0.3, 0.4) is 0 Å². The lowest BCUT2D eigenvalue weighted by atomic mass is 10.0. The van der Waals surface area contributed by atoms with E-state index in [4.69, 9.17) is 4.98 Å². The van der Waals surface area contributed by atoms with Gasteiger partial charge in [0, 0.05) is 43.9 Å². The number of rotatable bonds is 4. The van der Waals surface area contributed by atoms with Gasteiger partial charge in [-0.05, 0) is 38.5 Å². The fourth-order valence-electron chi connectivity index (χ4n) is 4.02. The second kappa shape index (κ2) is 8.84. The topological polar surface area (TPSA) is 49.3 Å². The molecule has 5 nitrogen and oxygen atoms in total. The molecule has 0 radical (unpaired) electrons. The Kier molecular flexibility index (Phi) is 5.98. The van der Waals surface area contributed by atoms with Gasteiger partial charge in [0.15, 0.2) is 0 Å². The predicted octanol–water partition coefficient (Wildman–Crippen LogP) is 4.09. The van der Waals surface area contributed by atoms with Gasteiger partial charge in [-0.3, -0.25) is 4.79 Å². The summed E-state index contributed by atoms with van der Waals surface area (Å²) in [6.07, 6.45) is 0.760. The summed E-state index contributed by atoms with van der Waals surface area (Å²) < 4.78 is 14.0. The van der Waals surface area contributed by atoms with E-state index in [1.165, 1.54) is 17.2 Å². The van der Waals surface area contributed by atoms with E-state index < -0.39 is 5.82 Å². The van der Waals surface area contributed by atoms with E-state index in [0.717, 1.165) is 29.3 Å². The molecule has 0 unspecified atom stereocenters. The van der Waals surface area contributed by atoms with Crippen LogP contribution in [0.25, 0.3) is 0 Å². The van der Waals surface area contributed by atoms with E-state index in [0.29, 0.717) is 26.2 Å². The van der Waals surface area contributed by atoms with Crippen LogP contribution in [0.15, 0.2) is 48.5 Å². The molecule has 1 aliphatic heterocycles. The van der Waals surface area contributed by atoms with E-state index in [-0.39, 0.29) is 11.5 Å². The smallest absolute Gasteiger partial charge is 0.256 e. The maximum absolute atomic E-state index is 14.0. The van der Waals surface area contributed by atoms with Gasteiger partial charge in [0.2, 0.25) is 0 Å². The average molecular weight is 419 g/mol. The molecule has 0 N–H and O–H groups in total. The molecule has 2 aromatic carbocycles. The minimum atomic E-state index is -0.475. The molecule has 4 rings (SSSR count). The van der Waals surface area contributed by atoms with Crippen molar-refractivity contribution in [3.63, 3.8) is 0 Å². The Bertz CT molecular complexity index is 1090. The molecule has 0 atom stereocenters. The highest BCUT2D eigenvalue weighted by Crippen LogP contribution is 2.25. The minimum absolute atomic E-state index is 0.129. The van der Waals surface area contributed by atoms with Gasteiger partial charge in [0.1, 0.15) is 17.5 Å². The molecule has 0 aliphatic carbocycles. The van der Waals surface area contributed by atoms with Crippen LogP contribution in [-0.4, -0.2) is 47.0 Å². The van der Waals surface area contributed by atoms with E-state index in [2.05, 4.69) is 41.1 Å². The number of amides is 1. The quantitative estimate of drug-likeness (QED) is 0.640. The van der Waals surface area contributed by atoms with Gasteiger partial charge in [-0.15, -0.1) is 0 Å². The van der Waals surface area contributed by atoms with Crippen LogP contribution in [0, 0.1) is 26.6 Å². The Labute approximate surface area is 182 Å². The Hall–Kier alpha value is -3.28. The second-order valence-electron chi connectivity index (χ2n) is 8.08. The van der Waals surface area contributed by atoms with Gasteiger partial charge in [-0.25, -0.2) is 14.4 Å². The number of hydrogen-bond acceptors (Lipinski definition) is 4. The van der Waals surface area contributed by atoms with Crippen LogP contribution < -0.4 is 4.90 Å². The van der Waals surface area contributed by atoms with Crippen molar-refractivity contribution in [2.45, 2.75) is 27.2 Å². The summed E-state index contributed by atoms with van der Waals surface area (Å²) in [5.41, 5.74) is 4.67. The van der Waals surface area contributed by atoms with Gasteiger partial charge in [0.25, 0.3) is 5.91 Å². The number of hydrogen-bond donors (Lipinski definition) is 0. The van der Waals surface area contributed by atoms with Crippen molar-refractivity contribution in [3.8, 4) is 0 Å². The third kappa shape index (κ3) is 4.58. The number of aryl methyl sites for hydroxylation is 3. The maximum Gasteiger partial charge on any atom is 0.256 e. The largest absolute Gasteiger partial charge is 0.353 e. The van der Waals surface area contributed by atoms with Crippen LogP contribution in [-0.2, 0) is 6.42 Å². The van der Waals surface area contributed by atoms with Crippen LogP contribution in [0.4, 0.5) is 10.2 Å². The SMILES string of the molecule is Cc1ccc(Cc2c(C)nc(C)nc2N2CCN(C(=O)c3ccccc3F)CC2)cc1. The zero-order chi connectivity index (χ0) is 22.0. The molecule has 1 aromatic heterocycles. The molecule has 6 heteroatoms. The maximum atomic E-state index is 14.0. The summed E-state index contributed by atoms with van der Waals surface area (Å²) in [5, 5.41) is 0. The molecule has 1 saturated heterocycles. The normalized spacial score (nSPS) is 14.1. The lowest BCUT2D eigenvalue weighted by molar-refractivity contribution is 0.0741. The average Bonchev–Trinajstić information content (AvgIpc) is 2.77. The number of carbonyl (C=O) groups is 1. The lowest BCUT2D eigenvalue weighted by Gasteiger charge is -2.36. The van der Waals surface area contributed by atoms with E-state index >= 15 is 0 Å². The molecular formula is C25H27FN4O. The summed E-state index contributed by atoms with van der Waals surface area (Å²) in [7, 11) is 0. The first-order chi connectivity index (χ1) is 14.9. The first kappa shape index (κ1) is 21.0. The number of carbonyl (C=O) groups excluding carboxylic acids is 1. The number of halogens is 1. The van der Waals surface area contributed by atoms with Gasteiger partial charge in [-0.1, -0.05) is 42.0 Å². The van der Waals surface area contributed by atoms with Crippen LogP contribution in [0.1, 0.15) is 38.6 Å². The van der Waals surface area contributed by atoms with Crippen molar-refractivity contribution >= 4 is 11.7 Å². The second-order valence-corrected chi connectivity index (χ2v) is 8.08. The molecule has 3 aromatic rings. The Morgan fingerprint density at radius 1 is 0.935 bits per heavy atom.